The number of benzene rings is 3. The Hall–Kier alpha value is -3.50. The number of carbonyl (C=O) groups excluding carboxylic acids is 2. The first-order valence-electron chi connectivity index (χ1n) is 14.4. The van der Waals surface area contributed by atoms with Gasteiger partial charge in [0.2, 0.25) is 11.8 Å². The lowest BCUT2D eigenvalue weighted by Crippen LogP contribution is -2.55. The molecule has 8 nitrogen and oxygen atoms in total. The molecule has 0 saturated carbocycles. The average Bonchev–Trinajstić information content (AvgIpc) is 2.96. The summed E-state index contributed by atoms with van der Waals surface area (Å²) in [7, 11) is -4.21. The number of hydrogen-bond donors (Lipinski definition) is 1. The van der Waals surface area contributed by atoms with Gasteiger partial charge in [-0.05, 0) is 89.3 Å². The predicted octanol–water partition coefficient (Wildman–Crippen LogP) is 6.03. The summed E-state index contributed by atoms with van der Waals surface area (Å²) in [5, 5.41) is 2.99. The van der Waals surface area contributed by atoms with E-state index in [1.165, 1.54) is 28.8 Å². The van der Waals surface area contributed by atoms with Crippen LogP contribution in [0.2, 0.25) is 0 Å². The van der Waals surface area contributed by atoms with E-state index in [0.717, 1.165) is 20.3 Å². The van der Waals surface area contributed by atoms with Gasteiger partial charge in [-0.1, -0.05) is 48.9 Å². The fourth-order valence-corrected chi connectivity index (χ4v) is 6.42. The molecule has 43 heavy (non-hydrogen) atoms. The van der Waals surface area contributed by atoms with Crippen LogP contribution in [0.4, 0.5) is 5.69 Å². The molecular formula is C33H43N3O5S2. The first kappa shape index (κ1) is 34.0. The SMILES string of the molecule is CCOc1ccccc1N(CC(=O)N(Cc1ccc(C)cc1)[C@H](CC)C(=O)NC(C)(C)C)S(=O)(=O)c1ccc(SC)cc1. The minimum Gasteiger partial charge on any atom is -0.492 e. The van der Waals surface area contributed by atoms with Crippen molar-refractivity contribution in [2.45, 2.75) is 75.9 Å². The number of para-hydroxylation sites is 2. The molecule has 2 amide bonds. The van der Waals surface area contributed by atoms with Crippen LogP contribution in [-0.2, 0) is 26.2 Å². The van der Waals surface area contributed by atoms with Crippen LogP contribution in [0, 0.1) is 6.92 Å². The lowest BCUT2D eigenvalue weighted by Gasteiger charge is -2.35. The van der Waals surface area contributed by atoms with Crippen molar-refractivity contribution in [1.29, 1.82) is 0 Å². The Balaban J connectivity index is 2.12. The molecule has 0 bridgehead atoms. The van der Waals surface area contributed by atoms with Crippen LogP contribution in [0.25, 0.3) is 0 Å². The third-order valence-corrected chi connectivity index (χ3v) is 9.24. The van der Waals surface area contributed by atoms with E-state index in [2.05, 4.69) is 5.32 Å². The number of ether oxygens (including phenoxy) is 1. The second kappa shape index (κ2) is 14.8. The van der Waals surface area contributed by atoms with E-state index in [-0.39, 0.29) is 23.0 Å². The van der Waals surface area contributed by atoms with Crippen LogP contribution in [0.1, 0.15) is 52.2 Å². The van der Waals surface area contributed by atoms with Crippen molar-refractivity contribution in [3.8, 4) is 5.75 Å². The van der Waals surface area contributed by atoms with Gasteiger partial charge in [0.15, 0.2) is 0 Å². The van der Waals surface area contributed by atoms with Crippen molar-refractivity contribution in [3.63, 3.8) is 0 Å². The smallest absolute Gasteiger partial charge is 0.264 e. The lowest BCUT2D eigenvalue weighted by molar-refractivity contribution is -0.141. The number of anilines is 1. The molecule has 1 N–H and O–H groups in total. The zero-order chi connectivity index (χ0) is 31.8. The highest BCUT2D eigenvalue weighted by Gasteiger charge is 2.35. The summed E-state index contributed by atoms with van der Waals surface area (Å²) in [6.45, 7) is 11.2. The van der Waals surface area contributed by atoms with Crippen molar-refractivity contribution in [2.75, 3.05) is 23.7 Å². The minimum atomic E-state index is -4.21. The Kier molecular flexibility index (Phi) is 11.7. The second-order valence-corrected chi connectivity index (χ2v) is 14.0. The predicted molar refractivity (Wildman–Crippen MR) is 174 cm³/mol. The Morgan fingerprint density at radius 1 is 0.953 bits per heavy atom. The summed E-state index contributed by atoms with van der Waals surface area (Å²) < 4.78 is 35.3. The molecule has 0 fully saturated rings. The van der Waals surface area contributed by atoms with Gasteiger partial charge in [-0.15, -0.1) is 11.8 Å². The van der Waals surface area contributed by atoms with E-state index in [0.29, 0.717) is 18.8 Å². The number of sulfonamides is 1. The van der Waals surface area contributed by atoms with Crippen LogP contribution in [0.5, 0.6) is 5.75 Å². The molecule has 1 atom stereocenters. The molecule has 10 heteroatoms. The Morgan fingerprint density at radius 3 is 2.14 bits per heavy atom. The molecule has 3 aromatic carbocycles. The van der Waals surface area contributed by atoms with E-state index in [9.17, 15) is 18.0 Å². The molecule has 0 unspecified atom stereocenters. The number of hydrogen-bond acceptors (Lipinski definition) is 6. The molecule has 0 aliphatic rings. The summed E-state index contributed by atoms with van der Waals surface area (Å²) in [6.07, 6.45) is 2.26. The van der Waals surface area contributed by atoms with Crippen LogP contribution in [0.15, 0.2) is 82.6 Å². The van der Waals surface area contributed by atoms with Gasteiger partial charge >= 0.3 is 0 Å². The maximum atomic E-state index is 14.3. The van der Waals surface area contributed by atoms with Crippen molar-refractivity contribution in [3.05, 3.63) is 83.9 Å². The lowest BCUT2D eigenvalue weighted by atomic mass is 10.1. The van der Waals surface area contributed by atoms with Gasteiger partial charge in [0.05, 0.1) is 17.2 Å². The number of thioether (sulfide) groups is 1. The molecule has 3 aromatic rings. The zero-order valence-corrected chi connectivity index (χ0v) is 27.7. The van der Waals surface area contributed by atoms with Crippen molar-refractivity contribution in [1.82, 2.24) is 10.2 Å². The van der Waals surface area contributed by atoms with E-state index in [1.807, 2.05) is 72.1 Å². The maximum Gasteiger partial charge on any atom is 0.264 e. The van der Waals surface area contributed by atoms with Gasteiger partial charge < -0.3 is 15.0 Å². The topological polar surface area (TPSA) is 96.0 Å². The largest absolute Gasteiger partial charge is 0.492 e. The molecule has 0 aliphatic heterocycles. The zero-order valence-electron chi connectivity index (χ0n) is 26.1. The van der Waals surface area contributed by atoms with E-state index < -0.39 is 34.1 Å². The number of rotatable bonds is 13. The van der Waals surface area contributed by atoms with Crippen molar-refractivity contribution < 1.29 is 22.7 Å². The Morgan fingerprint density at radius 2 is 1.58 bits per heavy atom. The van der Waals surface area contributed by atoms with E-state index in [4.69, 9.17) is 4.74 Å². The summed E-state index contributed by atoms with van der Waals surface area (Å²) in [5.41, 5.74) is 1.63. The maximum absolute atomic E-state index is 14.3. The Labute approximate surface area is 260 Å². The number of carbonyl (C=O) groups is 2. The standard InChI is InChI=1S/C33H43N3O5S2/c1-8-28(32(38)34-33(4,5)6)35(22-25-16-14-24(3)15-17-25)31(37)23-36(29-12-10-11-13-30(29)41-9-2)43(39,40)27-20-18-26(42-7)19-21-27/h10-21,28H,8-9,22-23H2,1-7H3,(H,34,38)/t28-/m1/s1. The minimum absolute atomic E-state index is 0.0482. The molecule has 0 radical (unpaired) electrons. The number of aryl methyl sites for hydroxylation is 1. The highest BCUT2D eigenvalue weighted by molar-refractivity contribution is 7.98. The fourth-order valence-electron chi connectivity index (χ4n) is 4.59. The quantitative estimate of drug-likeness (QED) is 0.233. The monoisotopic (exact) mass is 625 g/mol. The highest BCUT2D eigenvalue weighted by Crippen LogP contribution is 2.33. The molecule has 0 aliphatic carbocycles. The molecule has 0 spiro atoms. The first-order valence-corrected chi connectivity index (χ1v) is 17.0. The van der Waals surface area contributed by atoms with Gasteiger partial charge in [0.1, 0.15) is 18.3 Å². The second-order valence-electron chi connectivity index (χ2n) is 11.3. The van der Waals surface area contributed by atoms with Crippen LogP contribution >= 0.6 is 11.8 Å². The average molecular weight is 626 g/mol. The number of nitrogens with one attached hydrogen (secondary N) is 1. The van der Waals surface area contributed by atoms with Gasteiger partial charge in [-0.25, -0.2) is 8.42 Å². The van der Waals surface area contributed by atoms with Gasteiger partial charge in [-0.3, -0.25) is 13.9 Å². The summed E-state index contributed by atoms with van der Waals surface area (Å²) >= 11 is 1.50. The molecular weight excluding hydrogens is 583 g/mol. The molecule has 232 valence electrons. The molecule has 0 heterocycles. The molecule has 3 rings (SSSR count). The van der Waals surface area contributed by atoms with Crippen molar-refractivity contribution in [2.24, 2.45) is 0 Å². The number of amides is 2. The van der Waals surface area contributed by atoms with E-state index >= 15 is 0 Å². The van der Waals surface area contributed by atoms with Crippen LogP contribution < -0.4 is 14.4 Å². The third kappa shape index (κ3) is 9.00. The van der Waals surface area contributed by atoms with Crippen molar-refractivity contribution >= 4 is 39.3 Å². The summed E-state index contributed by atoms with van der Waals surface area (Å²) in [5.74, 6) is -0.468. The normalized spacial score (nSPS) is 12.3. The molecule has 0 aromatic heterocycles. The van der Waals surface area contributed by atoms with Gasteiger partial charge in [0.25, 0.3) is 10.0 Å². The third-order valence-electron chi connectivity index (χ3n) is 6.72. The summed E-state index contributed by atoms with van der Waals surface area (Å²) in [6, 6.07) is 20.2. The molecule has 0 saturated heterocycles. The van der Waals surface area contributed by atoms with Gasteiger partial charge in [-0.2, -0.15) is 0 Å². The Bertz CT molecular complexity index is 1480. The van der Waals surface area contributed by atoms with Crippen LogP contribution in [0.3, 0.4) is 0 Å². The number of nitrogens with zero attached hydrogens (tertiary/aromatic N) is 2. The van der Waals surface area contributed by atoms with E-state index in [1.54, 1.807) is 36.4 Å². The van der Waals surface area contributed by atoms with Crippen LogP contribution in [-0.4, -0.2) is 56.1 Å². The fraction of sp³-hybridized carbons (Fsp3) is 0.394. The van der Waals surface area contributed by atoms with Gasteiger partial charge in [0, 0.05) is 17.0 Å². The summed E-state index contributed by atoms with van der Waals surface area (Å²) in [4.78, 5) is 30.2. The first-order chi connectivity index (χ1) is 20.3. The highest BCUT2D eigenvalue weighted by atomic mass is 32.2.